The topological polar surface area (TPSA) is 80.5 Å². The minimum absolute atomic E-state index is 0.208. The molecule has 2 atom stereocenters. The fourth-order valence-electron chi connectivity index (χ4n) is 5.47. The van der Waals surface area contributed by atoms with Crippen molar-refractivity contribution >= 4 is 5.91 Å². The van der Waals surface area contributed by atoms with E-state index in [1.807, 2.05) is 6.92 Å². The number of likely N-dealkylation sites (tertiary alicyclic amines) is 1. The second kappa shape index (κ2) is 13.3. The van der Waals surface area contributed by atoms with E-state index in [-0.39, 0.29) is 24.7 Å². The Hall–Kier alpha value is -2.78. The molecule has 1 amide bonds. The third-order valence-corrected chi connectivity index (χ3v) is 7.55. The summed E-state index contributed by atoms with van der Waals surface area (Å²) in [6, 6.07) is 4.39. The molecule has 0 bridgehead atoms. The van der Waals surface area contributed by atoms with Gasteiger partial charge < -0.3 is 28.4 Å². The van der Waals surface area contributed by atoms with Crippen LogP contribution in [0.15, 0.2) is 22.7 Å². The summed E-state index contributed by atoms with van der Waals surface area (Å²) in [7, 11) is 5.81. The van der Waals surface area contributed by atoms with Gasteiger partial charge in [-0.1, -0.05) is 13.3 Å². The summed E-state index contributed by atoms with van der Waals surface area (Å²) in [5, 5.41) is 0. The highest BCUT2D eigenvalue weighted by Crippen LogP contribution is 2.45. The van der Waals surface area contributed by atoms with Crippen molar-refractivity contribution in [3.8, 4) is 17.2 Å². The molecule has 2 aliphatic rings. The van der Waals surface area contributed by atoms with Crippen LogP contribution in [0.25, 0.3) is 0 Å². The highest BCUT2D eigenvalue weighted by molar-refractivity contribution is 5.78. The predicted octanol–water partition coefficient (Wildman–Crippen LogP) is 4.09. The zero-order valence-corrected chi connectivity index (χ0v) is 23.7. The third kappa shape index (κ3) is 7.20. The molecule has 1 saturated heterocycles. The Bertz CT molecular complexity index is 1060. The van der Waals surface area contributed by atoms with E-state index >= 15 is 0 Å². The lowest BCUT2D eigenvalue weighted by Gasteiger charge is -2.29. The first-order chi connectivity index (χ1) is 18.4. The van der Waals surface area contributed by atoms with Crippen molar-refractivity contribution in [2.75, 3.05) is 60.7 Å². The van der Waals surface area contributed by atoms with Crippen LogP contribution in [-0.4, -0.2) is 92.4 Å². The van der Waals surface area contributed by atoms with Crippen molar-refractivity contribution in [1.82, 2.24) is 19.7 Å². The number of rotatable bonds is 14. The van der Waals surface area contributed by atoms with Gasteiger partial charge >= 0.3 is 0 Å². The molecule has 210 valence electrons. The standard InChI is InChI=1S/C29H44N4O5/c1-6-7-12-32(13-8-11-31(3)4)28(34)19-33-18-23(14-24(33)9-10-27-30-17-21(2)38-27)22-15-25(35-5)29-26(16-22)36-20-37-29/h15-17,23-24H,6-14,18-20H2,1-5H3/t23-,24+/m1/s1. The van der Waals surface area contributed by atoms with Crippen molar-refractivity contribution in [3.05, 3.63) is 35.5 Å². The molecular formula is C29H44N4O5. The third-order valence-electron chi connectivity index (χ3n) is 7.55. The van der Waals surface area contributed by atoms with Crippen LogP contribution >= 0.6 is 0 Å². The molecule has 9 nitrogen and oxygen atoms in total. The number of hydrogen-bond acceptors (Lipinski definition) is 8. The van der Waals surface area contributed by atoms with Crippen molar-refractivity contribution in [3.63, 3.8) is 0 Å². The van der Waals surface area contributed by atoms with Gasteiger partial charge in [0.05, 0.1) is 19.9 Å². The first kappa shape index (κ1) is 28.2. The van der Waals surface area contributed by atoms with Crippen molar-refractivity contribution in [2.24, 2.45) is 0 Å². The van der Waals surface area contributed by atoms with Gasteiger partial charge in [-0.3, -0.25) is 9.69 Å². The molecular weight excluding hydrogens is 484 g/mol. The van der Waals surface area contributed by atoms with Gasteiger partial charge in [-0.05, 0) is 76.9 Å². The maximum Gasteiger partial charge on any atom is 0.236 e. The Morgan fingerprint density at radius 2 is 2.00 bits per heavy atom. The first-order valence-corrected chi connectivity index (χ1v) is 13.9. The van der Waals surface area contributed by atoms with Crippen LogP contribution in [0.5, 0.6) is 17.2 Å². The lowest BCUT2D eigenvalue weighted by Crippen LogP contribution is -2.43. The van der Waals surface area contributed by atoms with Crippen molar-refractivity contribution in [1.29, 1.82) is 0 Å². The van der Waals surface area contributed by atoms with Crippen LogP contribution in [0.1, 0.15) is 62.2 Å². The Morgan fingerprint density at radius 1 is 1.18 bits per heavy atom. The number of fused-ring (bicyclic) bond motifs is 1. The van der Waals surface area contributed by atoms with E-state index in [9.17, 15) is 4.79 Å². The lowest BCUT2D eigenvalue weighted by molar-refractivity contribution is -0.132. The summed E-state index contributed by atoms with van der Waals surface area (Å²) >= 11 is 0. The molecule has 0 N–H and O–H groups in total. The highest BCUT2D eigenvalue weighted by atomic mass is 16.7. The van der Waals surface area contributed by atoms with E-state index in [0.717, 1.165) is 87.7 Å². The van der Waals surface area contributed by atoms with E-state index in [1.165, 1.54) is 0 Å². The molecule has 2 aliphatic heterocycles. The molecule has 0 radical (unpaired) electrons. The van der Waals surface area contributed by atoms with Crippen LogP contribution in [0.2, 0.25) is 0 Å². The largest absolute Gasteiger partial charge is 0.493 e. The maximum absolute atomic E-state index is 13.6. The number of oxazole rings is 1. The Balaban J connectivity index is 1.49. The minimum Gasteiger partial charge on any atom is -0.493 e. The quantitative estimate of drug-likeness (QED) is 0.363. The molecule has 1 aromatic heterocycles. The number of methoxy groups -OCH3 is 1. The number of carbonyl (C=O) groups excluding carboxylic acids is 1. The van der Waals surface area contributed by atoms with Crippen LogP contribution < -0.4 is 14.2 Å². The van der Waals surface area contributed by atoms with Gasteiger partial charge in [-0.15, -0.1) is 0 Å². The number of aromatic nitrogens is 1. The second-order valence-corrected chi connectivity index (χ2v) is 10.8. The summed E-state index contributed by atoms with van der Waals surface area (Å²) in [6.07, 6.45) is 7.45. The van der Waals surface area contributed by atoms with Gasteiger partial charge in [0.25, 0.3) is 0 Å². The normalized spacial score (nSPS) is 18.9. The molecule has 1 aromatic carbocycles. The lowest BCUT2D eigenvalue weighted by atomic mass is 9.94. The van der Waals surface area contributed by atoms with Crippen LogP contribution in [-0.2, 0) is 11.2 Å². The number of amides is 1. The summed E-state index contributed by atoms with van der Waals surface area (Å²) in [5.74, 6) is 4.17. The highest BCUT2D eigenvalue weighted by Gasteiger charge is 2.36. The van der Waals surface area contributed by atoms with E-state index in [1.54, 1.807) is 13.3 Å². The van der Waals surface area contributed by atoms with Crippen LogP contribution in [0.3, 0.4) is 0 Å². The van der Waals surface area contributed by atoms with Gasteiger partial charge in [-0.2, -0.15) is 0 Å². The number of aryl methyl sites for hydroxylation is 2. The number of carbonyl (C=O) groups is 1. The molecule has 0 spiro atoms. The number of ether oxygens (including phenoxy) is 3. The van der Waals surface area contributed by atoms with E-state index in [2.05, 4.69) is 52.8 Å². The Kier molecular flexibility index (Phi) is 9.91. The summed E-state index contributed by atoms with van der Waals surface area (Å²) in [4.78, 5) is 24.6. The molecule has 1 fully saturated rings. The first-order valence-electron chi connectivity index (χ1n) is 13.9. The Morgan fingerprint density at radius 3 is 2.71 bits per heavy atom. The molecule has 0 aliphatic carbocycles. The fourth-order valence-corrected chi connectivity index (χ4v) is 5.47. The van der Waals surface area contributed by atoms with Gasteiger partial charge in [0.2, 0.25) is 18.4 Å². The van der Waals surface area contributed by atoms with Crippen molar-refractivity contribution < 1.29 is 23.4 Å². The predicted molar refractivity (Wildman–Crippen MR) is 146 cm³/mol. The number of unbranched alkanes of at least 4 members (excludes halogenated alkanes) is 1. The summed E-state index contributed by atoms with van der Waals surface area (Å²) in [6.45, 7) is 8.14. The molecule has 3 heterocycles. The van der Waals surface area contributed by atoms with E-state index in [4.69, 9.17) is 18.6 Å². The Labute approximate surface area is 227 Å². The van der Waals surface area contributed by atoms with E-state index in [0.29, 0.717) is 18.0 Å². The van der Waals surface area contributed by atoms with Gasteiger partial charge in [0, 0.05) is 32.1 Å². The van der Waals surface area contributed by atoms with Crippen molar-refractivity contribution in [2.45, 2.75) is 64.3 Å². The maximum atomic E-state index is 13.6. The average Bonchev–Trinajstić information content (AvgIpc) is 3.63. The number of benzene rings is 1. The second-order valence-electron chi connectivity index (χ2n) is 10.8. The molecule has 0 saturated carbocycles. The molecule has 2 aromatic rings. The minimum atomic E-state index is 0.208. The SMILES string of the molecule is CCCCN(CCCN(C)C)C(=O)CN1C[C@H](c2cc(OC)c3c(c2)OCO3)C[C@@H]1CCc1ncc(C)o1. The molecule has 0 unspecified atom stereocenters. The molecule has 4 rings (SSSR count). The molecule has 38 heavy (non-hydrogen) atoms. The zero-order valence-electron chi connectivity index (χ0n) is 23.7. The van der Waals surface area contributed by atoms with Gasteiger partial charge in [-0.25, -0.2) is 4.98 Å². The summed E-state index contributed by atoms with van der Waals surface area (Å²) in [5.41, 5.74) is 1.16. The summed E-state index contributed by atoms with van der Waals surface area (Å²) < 4.78 is 22.6. The molecule has 9 heteroatoms. The van der Waals surface area contributed by atoms with Gasteiger partial charge in [0.1, 0.15) is 5.76 Å². The van der Waals surface area contributed by atoms with E-state index < -0.39 is 0 Å². The fraction of sp³-hybridized carbons (Fsp3) is 0.655. The van der Waals surface area contributed by atoms with Gasteiger partial charge in [0.15, 0.2) is 17.4 Å². The number of hydrogen-bond donors (Lipinski definition) is 0. The number of nitrogens with zero attached hydrogens (tertiary/aromatic N) is 4. The van der Waals surface area contributed by atoms with Crippen LogP contribution in [0.4, 0.5) is 0 Å². The zero-order chi connectivity index (χ0) is 27.1. The average molecular weight is 529 g/mol. The monoisotopic (exact) mass is 528 g/mol. The van der Waals surface area contributed by atoms with Crippen LogP contribution in [0, 0.1) is 6.92 Å². The smallest absolute Gasteiger partial charge is 0.236 e.